The van der Waals surface area contributed by atoms with Crippen molar-refractivity contribution >= 4 is 11.7 Å². The molecule has 0 bridgehead atoms. The number of hydrogen-bond donors (Lipinski definition) is 0. The van der Waals surface area contributed by atoms with Gasteiger partial charge >= 0.3 is 0 Å². The van der Waals surface area contributed by atoms with Gasteiger partial charge in [-0.1, -0.05) is 48.5 Å². The van der Waals surface area contributed by atoms with Crippen LogP contribution in [0.2, 0.25) is 0 Å². The number of rotatable bonds is 3. The number of carbonyl (C=O) groups excluding carboxylic acids is 1. The maximum atomic E-state index is 12.7. The molecule has 1 aliphatic rings. The van der Waals surface area contributed by atoms with Gasteiger partial charge in [-0.05, 0) is 19.9 Å². The molecule has 0 N–H and O–H groups in total. The van der Waals surface area contributed by atoms with Gasteiger partial charge < -0.3 is 4.74 Å². The normalized spacial score (nSPS) is 16.2. The van der Waals surface area contributed by atoms with Crippen molar-refractivity contribution in [2.24, 2.45) is 4.99 Å². The lowest BCUT2D eigenvalue weighted by Crippen LogP contribution is -2.17. The van der Waals surface area contributed by atoms with E-state index in [4.69, 9.17) is 4.74 Å². The predicted octanol–water partition coefficient (Wildman–Crippen LogP) is 3.47. The summed E-state index contributed by atoms with van der Waals surface area (Å²) < 4.78 is 5.68. The van der Waals surface area contributed by atoms with Crippen LogP contribution in [0.25, 0.3) is 0 Å². The standard InChI is InChI=1S/C18H17NO2/c1-18(2)12-21-17(19-18)15-11-7-6-10-14(15)16(20)13-8-4-3-5-9-13/h3-11H,12H2,1-2H3. The number of nitrogens with zero attached hydrogens (tertiary/aromatic N) is 1. The molecule has 1 aliphatic heterocycles. The fraction of sp³-hybridized carbons (Fsp3) is 0.222. The van der Waals surface area contributed by atoms with Crippen LogP contribution in [0.15, 0.2) is 59.6 Å². The molecule has 0 unspecified atom stereocenters. The minimum atomic E-state index is -0.238. The largest absolute Gasteiger partial charge is 0.475 e. The molecule has 0 fully saturated rings. The summed E-state index contributed by atoms with van der Waals surface area (Å²) >= 11 is 0. The highest BCUT2D eigenvalue weighted by Gasteiger charge is 2.29. The van der Waals surface area contributed by atoms with Crippen molar-refractivity contribution in [2.75, 3.05) is 6.61 Å². The molecule has 2 aromatic carbocycles. The van der Waals surface area contributed by atoms with Crippen molar-refractivity contribution in [3.8, 4) is 0 Å². The second-order valence-electron chi connectivity index (χ2n) is 5.76. The Morgan fingerprint density at radius 1 is 1.05 bits per heavy atom. The average Bonchev–Trinajstić information content (AvgIpc) is 2.87. The van der Waals surface area contributed by atoms with E-state index in [1.54, 1.807) is 0 Å². The van der Waals surface area contributed by atoms with Crippen LogP contribution >= 0.6 is 0 Å². The number of carbonyl (C=O) groups is 1. The van der Waals surface area contributed by atoms with Gasteiger partial charge in [-0.15, -0.1) is 0 Å². The average molecular weight is 279 g/mol. The zero-order chi connectivity index (χ0) is 14.9. The molecule has 0 amide bonds. The van der Waals surface area contributed by atoms with Gasteiger partial charge in [0.1, 0.15) is 6.61 Å². The minimum absolute atomic E-state index is 0.0118. The highest BCUT2D eigenvalue weighted by molar-refractivity contribution is 6.15. The van der Waals surface area contributed by atoms with E-state index < -0.39 is 0 Å². The second-order valence-corrected chi connectivity index (χ2v) is 5.76. The molecule has 0 saturated heterocycles. The van der Waals surface area contributed by atoms with E-state index in [2.05, 4.69) is 4.99 Å². The highest BCUT2D eigenvalue weighted by Crippen LogP contribution is 2.23. The van der Waals surface area contributed by atoms with Gasteiger partial charge in [0.25, 0.3) is 0 Å². The lowest BCUT2D eigenvalue weighted by Gasteiger charge is -2.08. The first kappa shape index (κ1) is 13.6. The van der Waals surface area contributed by atoms with Crippen LogP contribution < -0.4 is 0 Å². The van der Waals surface area contributed by atoms with Gasteiger partial charge in [-0.25, -0.2) is 4.99 Å². The summed E-state index contributed by atoms with van der Waals surface area (Å²) in [5.74, 6) is 0.544. The Hall–Kier alpha value is -2.42. The molecule has 2 aromatic rings. The van der Waals surface area contributed by atoms with Crippen molar-refractivity contribution in [1.29, 1.82) is 0 Å². The summed E-state index contributed by atoms with van der Waals surface area (Å²) in [6.07, 6.45) is 0. The third kappa shape index (κ3) is 2.72. The Morgan fingerprint density at radius 3 is 2.38 bits per heavy atom. The maximum Gasteiger partial charge on any atom is 0.217 e. The Balaban J connectivity index is 2.04. The number of ketones is 1. The summed E-state index contributed by atoms with van der Waals surface area (Å²) in [4.78, 5) is 17.2. The van der Waals surface area contributed by atoms with Crippen LogP contribution in [0.1, 0.15) is 35.3 Å². The molecule has 21 heavy (non-hydrogen) atoms. The van der Waals surface area contributed by atoms with Crippen molar-refractivity contribution in [3.05, 3.63) is 71.3 Å². The number of hydrogen-bond acceptors (Lipinski definition) is 3. The van der Waals surface area contributed by atoms with E-state index in [0.29, 0.717) is 23.6 Å². The van der Waals surface area contributed by atoms with Crippen molar-refractivity contribution in [2.45, 2.75) is 19.4 Å². The fourth-order valence-electron chi connectivity index (χ4n) is 2.34. The van der Waals surface area contributed by atoms with Crippen LogP contribution in [-0.2, 0) is 4.74 Å². The predicted molar refractivity (Wildman–Crippen MR) is 82.9 cm³/mol. The monoisotopic (exact) mass is 279 g/mol. The molecule has 106 valence electrons. The van der Waals surface area contributed by atoms with E-state index in [9.17, 15) is 4.79 Å². The molecule has 0 saturated carbocycles. The van der Waals surface area contributed by atoms with Crippen LogP contribution in [0.4, 0.5) is 0 Å². The molecular weight excluding hydrogens is 262 g/mol. The van der Waals surface area contributed by atoms with Gasteiger partial charge in [0.15, 0.2) is 5.78 Å². The van der Waals surface area contributed by atoms with Gasteiger partial charge in [0.2, 0.25) is 5.90 Å². The second kappa shape index (κ2) is 5.17. The summed E-state index contributed by atoms with van der Waals surface area (Å²) in [5.41, 5.74) is 1.82. The zero-order valence-electron chi connectivity index (χ0n) is 12.2. The maximum absolute atomic E-state index is 12.7. The van der Waals surface area contributed by atoms with Crippen molar-refractivity contribution in [1.82, 2.24) is 0 Å². The Kier molecular flexibility index (Phi) is 3.34. The van der Waals surface area contributed by atoms with E-state index >= 15 is 0 Å². The van der Waals surface area contributed by atoms with E-state index in [0.717, 1.165) is 5.56 Å². The van der Waals surface area contributed by atoms with Crippen LogP contribution in [-0.4, -0.2) is 23.8 Å². The van der Waals surface area contributed by atoms with Gasteiger partial charge in [0, 0.05) is 16.7 Å². The SMILES string of the molecule is CC1(C)COC(c2ccccc2C(=O)c2ccccc2)=N1. The molecular formula is C18H17NO2. The molecule has 0 radical (unpaired) electrons. The molecule has 0 aromatic heterocycles. The van der Waals surface area contributed by atoms with Gasteiger partial charge in [-0.3, -0.25) is 4.79 Å². The van der Waals surface area contributed by atoms with Crippen LogP contribution in [0.5, 0.6) is 0 Å². The van der Waals surface area contributed by atoms with Gasteiger partial charge in [-0.2, -0.15) is 0 Å². The Labute approximate surface area is 124 Å². The number of ether oxygens (including phenoxy) is 1. The van der Waals surface area contributed by atoms with Crippen LogP contribution in [0.3, 0.4) is 0 Å². The topological polar surface area (TPSA) is 38.7 Å². The van der Waals surface area contributed by atoms with Crippen molar-refractivity contribution in [3.63, 3.8) is 0 Å². The summed E-state index contributed by atoms with van der Waals surface area (Å²) in [5, 5.41) is 0. The molecule has 1 heterocycles. The first-order valence-electron chi connectivity index (χ1n) is 6.99. The quantitative estimate of drug-likeness (QED) is 0.807. The molecule has 0 aliphatic carbocycles. The summed E-state index contributed by atoms with van der Waals surface area (Å²) in [6, 6.07) is 16.7. The molecule has 3 heteroatoms. The first-order chi connectivity index (χ1) is 10.1. The third-order valence-corrected chi connectivity index (χ3v) is 3.40. The minimum Gasteiger partial charge on any atom is -0.475 e. The lowest BCUT2D eigenvalue weighted by molar-refractivity contribution is 0.103. The Bertz CT molecular complexity index is 702. The van der Waals surface area contributed by atoms with Gasteiger partial charge in [0.05, 0.1) is 5.54 Å². The molecule has 0 spiro atoms. The number of benzene rings is 2. The summed E-state index contributed by atoms with van der Waals surface area (Å²) in [7, 11) is 0. The smallest absolute Gasteiger partial charge is 0.217 e. The Morgan fingerprint density at radius 2 is 1.71 bits per heavy atom. The molecule has 3 nitrogen and oxygen atoms in total. The molecule has 0 atom stereocenters. The summed E-state index contributed by atoms with van der Waals surface area (Å²) in [6.45, 7) is 4.57. The third-order valence-electron chi connectivity index (χ3n) is 3.40. The van der Waals surface area contributed by atoms with Crippen molar-refractivity contribution < 1.29 is 9.53 Å². The lowest BCUT2D eigenvalue weighted by atomic mass is 9.98. The molecule has 3 rings (SSSR count). The van der Waals surface area contributed by atoms with E-state index in [1.165, 1.54) is 0 Å². The number of aliphatic imine (C=N–C) groups is 1. The van der Waals surface area contributed by atoms with E-state index in [1.807, 2.05) is 68.4 Å². The highest BCUT2D eigenvalue weighted by atomic mass is 16.5. The fourth-order valence-corrected chi connectivity index (χ4v) is 2.34. The van der Waals surface area contributed by atoms with Crippen LogP contribution in [0, 0.1) is 0 Å². The first-order valence-corrected chi connectivity index (χ1v) is 6.99. The van der Waals surface area contributed by atoms with E-state index in [-0.39, 0.29) is 11.3 Å². The zero-order valence-corrected chi connectivity index (χ0v) is 12.2.